The summed E-state index contributed by atoms with van der Waals surface area (Å²) in [6.45, 7) is 4.43. The van der Waals surface area contributed by atoms with Crippen molar-refractivity contribution in [2.75, 3.05) is 14.2 Å². The summed E-state index contributed by atoms with van der Waals surface area (Å²) in [6.07, 6.45) is 0.125. The molecule has 0 fully saturated rings. The van der Waals surface area contributed by atoms with Crippen LogP contribution in [0.1, 0.15) is 40.3 Å². The van der Waals surface area contributed by atoms with E-state index >= 15 is 0 Å². The maximum absolute atomic E-state index is 12.6. The lowest BCUT2D eigenvalue weighted by Crippen LogP contribution is -2.15. The lowest BCUT2D eigenvalue weighted by molar-refractivity contribution is 0.0549. The zero-order valence-corrected chi connectivity index (χ0v) is 17.4. The Kier molecular flexibility index (Phi) is 6.64. The lowest BCUT2D eigenvalue weighted by atomic mass is 10.0. The summed E-state index contributed by atoms with van der Waals surface area (Å²) in [5.74, 6) is -1.35. The van der Waals surface area contributed by atoms with Crippen molar-refractivity contribution in [2.45, 2.75) is 26.6 Å². The number of rotatable bonds is 7. The zero-order chi connectivity index (χ0) is 21.7. The van der Waals surface area contributed by atoms with E-state index in [4.69, 9.17) is 14.2 Å². The van der Waals surface area contributed by atoms with Gasteiger partial charge < -0.3 is 14.2 Å². The van der Waals surface area contributed by atoms with Gasteiger partial charge in [0, 0.05) is 5.56 Å². The van der Waals surface area contributed by atoms with Crippen molar-refractivity contribution in [3.05, 3.63) is 71.4 Å². The van der Waals surface area contributed by atoms with E-state index in [2.05, 4.69) is 5.10 Å². The van der Waals surface area contributed by atoms with Gasteiger partial charge in [-0.15, -0.1) is 0 Å². The molecule has 0 bridgehead atoms. The maximum atomic E-state index is 12.6. The summed E-state index contributed by atoms with van der Waals surface area (Å²) in [4.78, 5) is 25.2. The van der Waals surface area contributed by atoms with Crippen molar-refractivity contribution in [3.8, 4) is 16.9 Å². The molecule has 0 N–H and O–H groups in total. The maximum Gasteiger partial charge on any atom is 0.357 e. The van der Waals surface area contributed by atoms with Crippen LogP contribution in [-0.2, 0) is 20.8 Å². The van der Waals surface area contributed by atoms with E-state index in [9.17, 15) is 9.59 Å². The van der Waals surface area contributed by atoms with Crippen LogP contribution in [0.5, 0.6) is 0 Å². The smallest absolute Gasteiger partial charge is 0.357 e. The van der Waals surface area contributed by atoms with Gasteiger partial charge in [0.1, 0.15) is 11.3 Å². The van der Waals surface area contributed by atoms with Crippen LogP contribution in [0, 0.1) is 0 Å². The van der Waals surface area contributed by atoms with Crippen molar-refractivity contribution in [1.82, 2.24) is 9.78 Å². The Morgan fingerprint density at radius 2 is 1.57 bits per heavy atom. The molecule has 0 saturated heterocycles. The predicted octanol–water partition coefficient (Wildman–Crippen LogP) is 4.04. The fourth-order valence-electron chi connectivity index (χ4n) is 2.98. The monoisotopic (exact) mass is 408 g/mol. The van der Waals surface area contributed by atoms with E-state index in [0.717, 1.165) is 5.56 Å². The second kappa shape index (κ2) is 9.37. The number of methoxy groups -OCH3 is 2. The number of aromatic nitrogens is 2. The van der Waals surface area contributed by atoms with Gasteiger partial charge >= 0.3 is 11.9 Å². The number of ether oxygens (including phenoxy) is 3. The number of carbonyl (C=O) groups excluding carboxylic acids is 2. The molecule has 156 valence electrons. The van der Waals surface area contributed by atoms with E-state index in [1.165, 1.54) is 18.9 Å². The summed E-state index contributed by atoms with van der Waals surface area (Å²) in [6, 6.07) is 16.5. The Morgan fingerprint density at radius 3 is 2.13 bits per heavy atom. The van der Waals surface area contributed by atoms with Crippen molar-refractivity contribution < 1.29 is 23.8 Å². The standard InChI is InChI=1S/C23H24N2O5/c1-15(2)30-14-16-10-12-17(13-11-16)20-19(22(26)28-3)21(23(27)29-4)25(24-20)18-8-6-5-7-9-18/h5-13,15H,14H2,1-4H3. The molecule has 3 aromatic rings. The van der Waals surface area contributed by atoms with Crippen LogP contribution in [0.15, 0.2) is 54.6 Å². The average molecular weight is 408 g/mol. The van der Waals surface area contributed by atoms with Crippen molar-refractivity contribution >= 4 is 11.9 Å². The van der Waals surface area contributed by atoms with Gasteiger partial charge in [0.05, 0.1) is 32.6 Å². The highest BCUT2D eigenvalue weighted by atomic mass is 16.5. The third kappa shape index (κ3) is 4.41. The molecule has 0 amide bonds. The average Bonchev–Trinajstić information content (AvgIpc) is 3.18. The molecular formula is C23H24N2O5. The zero-order valence-electron chi connectivity index (χ0n) is 17.4. The van der Waals surface area contributed by atoms with Crippen LogP contribution in [0.4, 0.5) is 0 Å². The Balaban J connectivity index is 2.15. The van der Waals surface area contributed by atoms with Gasteiger partial charge in [-0.3, -0.25) is 0 Å². The fraction of sp³-hybridized carbons (Fsp3) is 0.261. The summed E-state index contributed by atoms with van der Waals surface area (Å²) in [7, 11) is 2.52. The molecule has 0 unspecified atom stereocenters. The van der Waals surface area contributed by atoms with E-state index < -0.39 is 11.9 Å². The normalized spacial score (nSPS) is 10.8. The van der Waals surface area contributed by atoms with Crippen LogP contribution >= 0.6 is 0 Å². The minimum absolute atomic E-state index is 0.0118. The van der Waals surface area contributed by atoms with Crippen molar-refractivity contribution in [1.29, 1.82) is 0 Å². The summed E-state index contributed by atoms with van der Waals surface area (Å²) in [5, 5.41) is 4.58. The third-order valence-electron chi connectivity index (χ3n) is 4.47. The first-order valence-electron chi connectivity index (χ1n) is 9.52. The molecule has 3 rings (SSSR count). The van der Waals surface area contributed by atoms with Crippen LogP contribution in [0.25, 0.3) is 16.9 Å². The molecule has 0 atom stereocenters. The molecule has 0 aliphatic rings. The summed E-state index contributed by atoms with van der Waals surface area (Å²) >= 11 is 0. The fourth-order valence-corrected chi connectivity index (χ4v) is 2.98. The van der Waals surface area contributed by atoms with Gasteiger partial charge in [-0.25, -0.2) is 14.3 Å². The van der Waals surface area contributed by atoms with Crippen LogP contribution in [0.2, 0.25) is 0 Å². The Hall–Kier alpha value is -3.45. The minimum Gasteiger partial charge on any atom is -0.465 e. The molecule has 0 aliphatic heterocycles. The molecule has 7 nitrogen and oxygen atoms in total. The van der Waals surface area contributed by atoms with Crippen molar-refractivity contribution in [3.63, 3.8) is 0 Å². The van der Waals surface area contributed by atoms with Crippen LogP contribution in [-0.4, -0.2) is 42.0 Å². The number of para-hydroxylation sites is 1. The lowest BCUT2D eigenvalue weighted by Gasteiger charge is -2.08. The van der Waals surface area contributed by atoms with Crippen molar-refractivity contribution in [2.24, 2.45) is 0 Å². The van der Waals surface area contributed by atoms with Gasteiger partial charge in [-0.05, 0) is 31.5 Å². The first kappa shape index (κ1) is 21.3. The minimum atomic E-state index is -0.681. The highest BCUT2D eigenvalue weighted by molar-refractivity contribution is 6.06. The van der Waals surface area contributed by atoms with Gasteiger partial charge in [0.15, 0.2) is 5.69 Å². The summed E-state index contributed by atoms with van der Waals surface area (Å²) < 4.78 is 16.9. The molecule has 0 radical (unpaired) electrons. The molecule has 0 aliphatic carbocycles. The number of hydrogen-bond acceptors (Lipinski definition) is 6. The topological polar surface area (TPSA) is 79.7 Å². The Labute approximate surface area is 175 Å². The van der Waals surface area contributed by atoms with E-state index in [1.54, 1.807) is 12.1 Å². The first-order valence-corrected chi connectivity index (χ1v) is 9.52. The molecule has 2 aromatic carbocycles. The second-order valence-electron chi connectivity index (χ2n) is 6.86. The molecule has 0 saturated carbocycles. The number of nitrogens with zero attached hydrogens (tertiary/aromatic N) is 2. The summed E-state index contributed by atoms with van der Waals surface area (Å²) in [5.41, 5.74) is 2.68. The molecule has 1 aromatic heterocycles. The van der Waals surface area contributed by atoms with E-state index in [-0.39, 0.29) is 17.4 Å². The highest BCUT2D eigenvalue weighted by Gasteiger charge is 2.31. The quantitative estimate of drug-likeness (QED) is 0.549. The molecule has 1 heterocycles. The van der Waals surface area contributed by atoms with Gasteiger partial charge in [-0.2, -0.15) is 5.10 Å². The van der Waals surface area contributed by atoms with Crippen LogP contribution < -0.4 is 0 Å². The molecule has 0 spiro atoms. The number of benzene rings is 2. The van der Waals surface area contributed by atoms with E-state index in [1.807, 2.05) is 56.3 Å². The third-order valence-corrected chi connectivity index (χ3v) is 4.47. The van der Waals surface area contributed by atoms with Gasteiger partial charge in [0.2, 0.25) is 0 Å². The SMILES string of the molecule is COC(=O)c1c(-c2ccc(COC(C)C)cc2)nn(-c2ccccc2)c1C(=O)OC. The Bertz CT molecular complexity index is 1020. The number of hydrogen-bond donors (Lipinski definition) is 0. The number of carbonyl (C=O) groups is 2. The van der Waals surface area contributed by atoms with Gasteiger partial charge in [-0.1, -0.05) is 42.5 Å². The predicted molar refractivity (Wildman–Crippen MR) is 112 cm³/mol. The molecule has 30 heavy (non-hydrogen) atoms. The molecular weight excluding hydrogens is 384 g/mol. The van der Waals surface area contributed by atoms with Gasteiger partial charge in [0.25, 0.3) is 0 Å². The largest absolute Gasteiger partial charge is 0.465 e. The van der Waals surface area contributed by atoms with Crippen LogP contribution in [0.3, 0.4) is 0 Å². The highest BCUT2D eigenvalue weighted by Crippen LogP contribution is 2.29. The number of esters is 2. The molecule has 7 heteroatoms. The first-order chi connectivity index (χ1) is 14.5. The second-order valence-corrected chi connectivity index (χ2v) is 6.86. The Morgan fingerprint density at radius 1 is 0.933 bits per heavy atom. The van der Waals surface area contributed by atoms with E-state index in [0.29, 0.717) is 23.6 Å².